The van der Waals surface area contributed by atoms with Crippen molar-refractivity contribution < 1.29 is 34.1 Å². The van der Waals surface area contributed by atoms with Gasteiger partial charge in [0.25, 0.3) is 5.91 Å². The van der Waals surface area contributed by atoms with Crippen LogP contribution in [0.4, 0.5) is 4.79 Å². The van der Waals surface area contributed by atoms with Crippen molar-refractivity contribution in [1.82, 2.24) is 5.32 Å². The molecule has 3 N–H and O–H groups in total. The first kappa shape index (κ1) is 24.6. The number of benzene rings is 2. The van der Waals surface area contributed by atoms with E-state index < -0.39 is 30.2 Å². The van der Waals surface area contributed by atoms with Crippen molar-refractivity contribution in [2.75, 3.05) is 6.61 Å². The molecule has 2 aromatic rings. The smallest absolute Gasteiger partial charge is 0.414 e. The fourth-order valence-corrected chi connectivity index (χ4v) is 3.88. The molecule has 0 fully saturated rings. The zero-order chi connectivity index (χ0) is 23.0. The summed E-state index contributed by atoms with van der Waals surface area (Å²) >= 11 is 6.51. The number of amides is 2. The Kier molecular flexibility index (Phi) is 9.22. The minimum Gasteiger partial charge on any atom is -0.506 e. The largest absolute Gasteiger partial charge is 0.506 e. The number of carbonyl (C=O) groups is 3. The van der Waals surface area contributed by atoms with E-state index in [0.29, 0.717) is 8.95 Å². The molecule has 8 nitrogen and oxygen atoms in total. The van der Waals surface area contributed by atoms with Crippen LogP contribution in [0.3, 0.4) is 0 Å². The first-order valence-corrected chi connectivity index (χ1v) is 10.6. The minimum atomic E-state index is -1.27. The molecule has 0 saturated heterocycles. The lowest BCUT2D eigenvalue weighted by Gasteiger charge is -2.26. The summed E-state index contributed by atoms with van der Waals surface area (Å²) in [5.41, 5.74) is 0.383. The molecule has 0 heterocycles. The minimum absolute atomic E-state index is 0.136. The first-order chi connectivity index (χ1) is 14.7. The lowest BCUT2D eigenvalue weighted by Crippen LogP contribution is -2.35. The Hall–Kier alpha value is -2.69. The zero-order valence-corrected chi connectivity index (χ0v) is 19.4. The Morgan fingerprint density at radius 1 is 1.16 bits per heavy atom. The maximum Gasteiger partial charge on any atom is 0.414 e. The summed E-state index contributed by atoms with van der Waals surface area (Å²) in [6.45, 7) is 1.84. The molecule has 2 rings (SSSR count). The molecule has 0 aliphatic heterocycles. The van der Waals surface area contributed by atoms with Gasteiger partial charge in [-0.1, -0.05) is 34.1 Å². The molecule has 0 spiro atoms. The third-order valence-electron chi connectivity index (χ3n) is 3.94. The number of ether oxygens (including phenoxy) is 2. The van der Waals surface area contributed by atoms with Gasteiger partial charge in [-0.3, -0.25) is 10.1 Å². The van der Waals surface area contributed by atoms with Crippen LogP contribution in [0.1, 0.15) is 28.9 Å². The number of phenols is 1. The third-order valence-corrected chi connectivity index (χ3v) is 5.00. The summed E-state index contributed by atoms with van der Waals surface area (Å²) in [7, 11) is 0. The molecule has 0 radical (unpaired) electrons. The van der Waals surface area contributed by atoms with Crippen molar-refractivity contribution in [2.24, 2.45) is 0 Å². The molecule has 2 aromatic carbocycles. The molecular formula is C21H19Br2NO7. The van der Waals surface area contributed by atoms with Gasteiger partial charge in [0.2, 0.25) is 0 Å². The van der Waals surface area contributed by atoms with Gasteiger partial charge in [0.05, 0.1) is 4.47 Å². The number of hydrogen-bond acceptors (Lipinski definition) is 6. The van der Waals surface area contributed by atoms with Crippen LogP contribution >= 0.6 is 31.9 Å². The molecule has 0 aromatic heterocycles. The van der Waals surface area contributed by atoms with E-state index in [9.17, 15) is 19.5 Å². The molecule has 2 amide bonds. The van der Waals surface area contributed by atoms with E-state index in [2.05, 4.69) is 37.2 Å². The number of phenolic OH excluding ortho intramolecular Hbond substituents is 1. The number of imide groups is 1. The highest BCUT2D eigenvalue weighted by molar-refractivity contribution is 9.11. The summed E-state index contributed by atoms with van der Waals surface area (Å²) in [6, 6.07) is 11.1. The summed E-state index contributed by atoms with van der Waals surface area (Å²) in [5.74, 6) is -2.14. The monoisotopic (exact) mass is 555 g/mol. The number of carboxylic acid groups (broad SMARTS) is 1. The van der Waals surface area contributed by atoms with Gasteiger partial charge in [0, 0.05) is 28.3 Å². The van der Waals surface area contributed by atoms with Crippen molar-refractivity contribution in [1.29, 1.82) is 0 Å². The molecular weight excluding hydrogens is 538 g/mol. The molecule has 0 aliphatic carbocycles. The van der Waals surface area contributed by atoms with Gasteiger partial charge < -0.3 is 19.7 Å². The fourth-order valence-electron chi connectivity index (χ4n) is 2.62. The van der Waals surface area contributed by atoms with E-state index >= 15 is 0 Å². The Balaban J connectivity index is 2.38. The number of aliphatic carboxylic acids is 1. The van der Waals surface area contributed by atoms with Gasteiger partial charge in [-0.25, -0.2) is 9.59 Å². The van der Waals surface area contributed by atoms with Crippen LogP contribution in [0, 0.1) is 0 Å². The predicted molar refractivity (Wildman–Crippen MR) is 119 cm³/mol. The quantitative estimate of drug-likeness (QED) is 0.407. The van der Waals surface area contributed by atoms with E-state index in [1.807, 2.05) is 0 Å². The topological polar surface area (TPSA) is 122 Å². The summed E-state index contributed by atoms with van der Waals surface area (Å²) in [4.78, 5) is 35.7. The van der Waals surface area contributed by atoms with Crippen LogP contribution in [-0.4, -0.2) is 40.9 Å². The van der Waals surface area contributed by atoms with E-state index in [1.165, 1.54) is 24.3 Å². The second kappa shape index (κ2) is 11.6. The third kappa shape index (κ3) is 7.20. The number of alkyl carbamates (subject to hydrolysis) is 1. The average Bonchev–Trinajstić information content (AvgIpc) is 2.72. The molecule has 10 heteroatoms. The number of carbonyl (C=O) groups excluding carboxylic acids is 2. The van der Waals surface area contributed by atoms with E-state index in [-0.39, 0.29) is 23.5 Å². The van der Waals surface area contributed by atoms with Crippen LogP contribution in [0.2, 0.25) is 0 Å². The molecule has 0 saturated carbocycles. The van der Waals surface area contributed by atoms with Crippen molar-refractivity contribution in [2.45, 2.75) is 19.1 Å². The van der Waals surface area contributed by atoms with Gasteiger partial charge in [-0.2, -0.15) is 0 Å². The van der Waals surface area contributed by atoms with Gasteiger partial charge >= 0.3 is 12.1 Å². The van der Waals surface area contributed by atoms with Crippen molar-refractivity contribution in [3.63, 3.8) is 0 Å². The normalized spacial score (nSPS) is 12.9. The number of halogens is 2. The maximum absolute atomic E-state index is 12.5. The second-order valence-electron chi connectivity index (χ2n) is 6.09. The summed E-state index contributed by atoms with van der Waals surface area (Å²) < 4.78 is 11.8. The van der Waals surface area contributed by atoms with Crippen molar-refractivity contribution >= 4 is 49.8 Å². The van der Waals surface area contributed by atoms with E-state index in [0.717, 1.165) is 6.08 Å². The van der Waals surface area contributed by atoms with Crippen LogP contribution in [0.15, 0.2) is 63.6 Å². The van der Waals surface area contributed by atoms with Gasteiger partial charge in [-0.05, 0) is 53.2 Å². The SMILES string of the molecule is CCO[C@@H](/C=C/C(=O)O)[C@@H](OC(=O)NC(=O)c1ccccc1)c1cc(Br)cc(Br)c1O. The fraction of sp³-hybridized carbons (Fsp3) is 0.190. The first-order valence-electron chi connectivity index (χ1n) is 9.00. The lowest BCUT2D eigenvalue weighted by atomic mass is 10.0. The molecule has 0 unspecified atom stereocenters. The number of hydrogen-bond donors (Lipinski definition) is 3. The van der Waals surface area contributed by atoms with E-state index in [1.54, 1.807) is 31.2 Å². The highest BCUT2D eigenvalue weighted by Gasteiger charge is 2.30. The summed E-state index contributed by atoms with van der Waals surface area (Å²) in [6.07, 6.45) is -1.40. The molecule has 164 valence electrons. The highest BCUT2D eigenvalue weighted by Crippen LogP contribution is 2.39. The van der Waals surface area contributed by atoms with Crippen LogP contribution in [-0.2, 0) is 14.3 Å². The van der Waals surface area contributed by atoms with Crippen LogP contribution in [0.25, 0.3) is 0 Å². The van der Waals surface area contributed by atoms with Crippen LogP contribution in [0.5, 0.6) is 5.75 Å². The molecule has 2 atom stereocenters. The van der Waals surface area contributed by atoms with Gasteiger partial charge in [0.1, 0.15) is 11.9 Å². The highest BCUT2D eigenvalue weighted by atomic mass is 79.9. The standard InChI is InChI=1S/C21H19Br2NO7/c1-2-30-16(8-9-17(25)26)19(14-10-13(22)11-15(23)18(14)27)31-21(29)24-20(28)12-6-4-3-5-7-12/h3-11,16,19,27H,2H2,1H3,(H,25,26)(H,24,28,29)/b9-8+/t16-,19-/m0/s1. The number of carboxylic acids is 1. The number of rotatable bonds is 8. The molecule has 0 bridgehead atoms. The Morgan fingerprint density at radius 3 is 2.45 bits per heavy atom. The zero-order valence-electron chi connectivity index (χ0n) is 16.2. The molecule has 0 aliphatic rings. The lowest BCUT2D eigenvalue weighted by molar-refractivity contribution is -0.131. The Bertz CT molecular complexity index is 979. The Morgan fingerprint density at radius 2 is 1.84 bits per heavy atom. The van der Waals surface area contributed by atoms with Gasteiger partial charge in [0.15, 0.2) is 6.10 Å². The van der Waals surface area contributed by atoms with Crippen molar-refractivity contribution in [3.8, 4) is 5.75 Å². The van der Waals surface area contributed by atoms with E-state index in [4.69, 9.17) is 14.6 Å². The second-order valence-corrected chi connectivity index (χ2v) is 7.86. The van der Waals surface area contributed by atoms with Gasteiger partial charge in [-0.15, -0.1) is 0 Å². The summed E-state index contributed by atoms with van der Waals surface area (Å²) in [5, 5.41) is 21.6. The molecule has 31 heavy (non-hydrogen) atoms. The average molecular weight is 557 g/mol. The maximum atomic E-state index is 12.5. The van der Waals surface area contributed by atoms with Crippen LogP contribution < -0.4 is 5.32 Å². The number of aromatic hydroxyl groups is 1. The predicted octanol–water partition coefficient (Wildman–Crippen LogP) is 4.57. The van der Waals surface area contributed by atoms with Crippen molar-refractivity contribution in [3.05, 3.63) is 74.7 Å². The Labute approximate surface area is 195 Å². The number of nitrogens with one attached hydrogen (secondary N) is 1.